The van der Waals surface area contributed by atoms with Crippen LogP contribution in [0.1, 0.15) is 37.3 Å². The smallest absolute Gasteiger partial charge is 0.220 e. The van der Waals surface area contributed by atoms with E-state index in [4.69, 9.17) is 0 Å². The molecule has 2 aromatic rings. The van der Waals surface area contributed by atoms with Crippen LogP contribution < -0.4 is 5.32 Å². The molecule has 3 nitrogen and oxygen atoms in total. The maximum atomic E-state index is 11.7. The van der Waals surface area contributed by atoms with Crippen molar-refractivity contribution < 1.29 is 4.79 Å². The summed E-state index contributed by atoms with van der Waals surface area (Å²) in [5.41, 5.74) is 4.14. The van der Waals surface area contributed by atoms with E-state index in [2.05, 4.69) is 35.4 Å². The van der Waals surface area contributed by atoms with E-state index < -0.39 is 0 Å². The zero-order chi connectivity index (χ0) is 14.4. The topological polar surface area (TPSA) is 42.0 Å². The van der Waals surface area contributed by atoms with Gasteiger partial charge in [0.1, 0.15) is 5.01 Å². The van der Waals surface area contributed by atoms with E-state index in [0.717, 1.165) is 24.3 Å². The van der Waals surface area contributed by atoms with Crippen LogP contribution in [-0.2, 0) is 16.6 Å². The second-order valence-corrected chi connectivity index (χ2v) is 7.18. The molecule has 0 bridgehead atoms. The summed E-state index contributed by atoms with van der Waals surface area (Å²) >= 11 is 1.68. The summed E-state index contributed by atoms with van der Waals surface area (Å²) in [4.78, 5) is 16.1. The number of piperidine rings is 1. The molecule has 0 saturated carbocycles. The van der Waals surface area contributed by atoms with Crippen molar-refractivity contribution in [3.8, 4) is 10.6 Å². The van der Waals surface area contributed by atoms with Crippen molar-refractivity contribution in [2.75, 3.05) is 0 Å². The zero-order valence-corrected chi connectivity index (χ0v) is 12.9. The molecule has 1 aromatic heterocycles. The van der Waals surface area contributed by atoms with Gasteiger partial charge in [0.15, 0.2) is 0 Å². The fourth-order valence-electron chi connectivity index (χ4n) is 3.84. The Labute approximate surface area is 128 Å². The largest absolute Gasteiger partial charge is 0.352 e. The number of aromatic nitrogens is 1. The average molecular weight is 298 g/mol. The van der Waals surface area contributed by atoms with Crippen molar-refractivity contribution in [3.63, 3.8) is 0 Å². The molecule has 1 amide bonds. The number of carbonyl (C=O) groups is 1. The van der Waals surface area contributed by atoms with Crippen molar-refractivity contribution in [1.29, 1.82) is 0 Å². The standard InChI is InChI=1S/C17H18N2OS/c1-17-7-6-15(20)19-14(17)5-3-11-10-12(2-4-13(11)17)16-18-8-9-21-16/h2,4,8-10,14H,3,5-7H2,1H3,(H,19,20)/t14-,17-/m1/s1. The molecule has 2 aliphatic rings. The number of benzene rings is 1. The normalized spacial score (nSPS) is 27.7. The third-order valence-electron chi connectivity index (χ3n) is 5.08. The lowest BCUT2D eigenvalue weighted by atomic mass is 9.64. The van der Waals surface area contributed by atoms with Crippen LogP contribution in [0.15, 0.2) is 29.8 Å². The third kappa shape index (κ3) is 2.01. The molecule has 21 heavy (non-hydrogen) atoms. The van der Waals surface area contributed by atoms with Gasteiger partial charge in [0.25, 0.3) is 0 Å². The van der Waals surface area contributed by atoms with E-state index in [9.17, 15) is 4.79 Å². The number of carbonyl (C=O) groups excluding carboxylic acids is 1. The van der Waals surface area contributed by atoms with E-state index >= 15 is 0 Å². The van der Waals surface area contributed by atoms with E-state index in [1.165, 1.54) is 16.7 Å². The molecular formula is C17H18N2OS. The summed E-state index contributed by atoms with van der Waals surface area (Å²) in [6.07, 6.45) is 5.52. The van der Waals surface area contributed by atoms with E-state index in [0.29, 0.717) is 6.42 Å². The molecule has 1 aliphatic heterocycles. The Bertz CT molecular complexity index is 695. The molecule has 2 heterocycles. The van der Waals surface area contributed by atoms with Crippen LogP contribution in [0, 0.1) is 0 Å². The highest BCUT2D eigenvalue weighted by Crippen LogP contribution is 2.43. The molecular weight excluding hydrogens is 280 g/mol. The van der Waals surface area contributed by atoms with Gasteiger partial charge in [0, 0.05) is 35.0 Å². The summed E-state index contributed by atoms with van der Waals surface area (Å²) in [5.74, 6) is 0.209. The van der Waals surface area contributed by atoms with Gasteiger partial charge in [0.05, 0.1) is 0 Å². The van der Waals surface area contributed by atoms with Crippen LogP contribution in [0.25, 0.3) is 10.6 Å². The van der Waals surface area contributed by atoms with Gasteiger partial charge in [-0.25, -0.2) is 4.98 Å². The Morgan fingerprint density at radius 1 is 1.38 bits per heavy atom. The number of thiazole rings is 1. The molecule has 108 valence electrons. The lowest BCUT2D eigenvalue weighted by molar-refractivity contribution is -0.125. The number of fused-ring (bicyclic) bond motifs is 3. The highest BCUT2D eigenvalue weighted by Gasteiger charge is 2.43. The van der Waals surface area contributed by atoms with Crippen LogP contribution in [0.4, 0.5) is 0 Å². The predicted octanol–water partition coefficient (Wildman–Crippen LogP) is 3.29. The van der Waals surface area contributed by atoms with Gasteiger partial charge < -0.3 is 5.32 Å². The number of amides is 1. The van der Waals surface area contributed by atoms with Crippen molar-refractivity contribution in [1.82, 2.24) is 10.3 Å². The monoisotopic (exact) mass is 298 g/mol. The highest BCUT2D eigenvalue weighted by molar-refractivity contribution is 7.13. The highest BCUT2D eigenvalue weighted by atomic mass is 32.1. The first-order valence-electron chi connectivity index (χ1n) is 7.49. The third-order valence-corrected chi connectivity index (χ3v) is 5.90. The molecule has 1 aliphatic carbocycles. The fraction of sp³-hybridized carbons (Fsp3) is 0.412. The van der Waals surface area contributed by atoms with E-state index in [1.807, 2.05) is 11.6 Å². The van der Waals surface area contributed by atoms with Crippen LogP contribution in [0.3, 0.4) is 0 Å². The maximum absolute atomic E-state index is 11.7. The molecule has 0 spiro atoms. The quantitative estimate of drug-likeness (QED) is 0.878. The molecule has 1 fully saturated rings. The molecule has 1 saturated heterocycles. The van der Waals surface area contributed by atoms with Gasteiger partial charge in [-0.1, -0.05) is 19.1 Å². The average Bonchev–Trinajstić information content (AvgIpc) is 3.02. The van der Waals surface area contributed by atoms with Gasteiger partial charge in [-0.3, -0.25) is 4.79 Å². The Kier molecular flexibility index (Phi) is 2.89. The van der Waals surface area contributed by atoms with Crippen LogP contribution in [0.2, 0.25) is 0 Å². The van der Waals surface area contributed by atoms with E-state index in [-0.39, 0.29) is 17.4 Å². The summed E-state index contributed by atoms with van der Waals surface area (Å²) in [6, 6.07) is 7.03. The summed E-state index contributed by atoms with van der Waals surface area (Å²) in [7, 11) is 0. The number of nitrogens with zero attached hydrogens (tertiary/aromatic N) is 1. The van der Waals surface area contributed by atoms with Gasteiger partial charge >= 0.3 is 0 Å². The van der Waals surface area contributed by atoms with Crippen molar-refractivity contribution in [2.45, 2.75) is 44.1 Å². The Morgan fingerprint density at radius 3 is 3.10 bits per heavy atom. The lowest BCUT2D eigenvalue weighted by Crippen LogP contribution is -2.55. The first kappa shape index (κ1) is 13.0. The predicted molar refractivity (Wildman–Crippen MR) is 84.4 cm³/mol. The second kappa shape index (κ2) is 4.67. The first-order valence-corrected chi connectivity index (χ1v) is 8.37. The van der Waals surface area contributed by atoms with Crippen LogP contribution in [-0.4, -0.2) is 16.9 Å². The fourth-order valence-corrected chi connectivity index (χ4v) is 4.48. The minimum absolute atomic E-state index is 0.0862. The van der Waals surface area contributed by atoms with Crippen LogP contribution >= 0.6 is 11.3 Å². The minimum Gasteiger partial charge on any atom is -0.352 e. The molecule has 4 rings (SSSR count). The molecule has 1 aromatic carbocycles. The summed E-state index contributed by atoms with van der Waals surface area (Å²) in [6.45, 7) is 2.30. The Balaban J connectivity index is 1.76. The Hall–Kier alpha value is -1.68. The molecule has 1 N–H and O–H groups in total. The van der Waals surface area contributed by atoms with Gasteiger partial charge in [-0.15, -0.1) is 11.3 Å². The van der Waals surface area contributed by atoms with Crippen molar-refractivity contribution >= 4 is 17.2 Å². The molecule has 0 radical (unpaired) electrons. The van der Waals surface area contributed by atoms with E-state index in [1.54, 1.807) is 11.3 Å². The lowest BCUT2D eigenvalue weighted by Gasteiger charge is -2.46. The number of hydrogen-bond acceptors (Lipinski definition) is 3. The van der Waals surface area contributed by atoms with Gasteiger partial charge in [0.2, 0.25) is 5.91 Å². The zero-order valence-electron chi connectivity index (χ0n) is 12.1. The Morgan fingerprint density at radius 2 is 2.29 bits per heavy atom. The van der Waals surface area contributed by atoms with Crippen molar-refractivity contribution in [2.24, 2.45) is 0 Å². The first-order chi connectivity index (χ1) is 10.2. The molecule has 0 unspecified atom stereocenters. The summed E-state index contributed by atoms with van der Waals surface area (Å²) < 4.78 is 0. The number of aryl methyl sites for hydroxylation is 1. The molecule has 4 heteroatoms. The van der Waals surface area contributed by atoms with Gasteiger partial charge in [-0.05, 0) is 36.5 Å². The number of rotatable bonds is 1. The van der Waals surface area contributed by atoms with Crippen LogP contribution in [0.5, 0.6) is 0 Å². The minimum atomic E-state index is 0.0862. The maximum Gasteiger partial charge on any atom is 0.220 e. The number of hydrogen-bond donors (Lipinski definition) is 1. The number of nitrogens with one attached hydrogen (secondary N) is 1. The van der Waals surface area contributed by atoms with Crippen molar-refractivity contribution in [3.05, 3.63) is 40.9 Å². The molecule has 2 atom stereocenters. The SMILES string of the molecule is C[C@]12CCC(=O)N[C@@H]1CCc1cc(-c3nccs3)ccc12. The summed E-state index contributed by atoms with van der Waals surface area (Å²) in [5, 5.41) is 6.29. The van der Waals surface area contributed by atoms with Gasteiger partial charge in [-0.2, -0.15) is 0 Å². The second-order valence-electron chi connectivity index (χ2n) is 6.29.